The summed E-state index contributed by atoms with van der Waals surface area (Å²) in [5.41, 5.74) is 2.89. The molecular weight excluding hydrogens is 351 g/mol. The molecule has 0 atom stereocenters. The van der Waals surface area contributed by atoms with Crippen molar-refractivity contribution in [2.75, 3.05) is 5.75 Å². The second-order valence-electron chi connectivity index (χ2n) is 5.82. The van der Waals surface area contributed by atoms with Gasteiger partial charge in [0.1, 0.15) is 36.0 Å². The summed E-state index contributed by atoms with van der Waals surface area (Å²) in [6.07, 6.45) is 0.908. The molecule has 1 aromatic heterocycles. The van der Waals surface area contributed by atoms with E-state index in [-0.39, 0.29) is 5.82 Å². The van der Waals surface area contributed by atoms with Gasteiger partial charge in [0.2, 0.25) is 0 Å². The van der Waals surface area contributed by atoms with Crippen LogP contribution in [-0.2, 0) is 17.2 Å². The van der Waals surface area contributed by atoms with E-state index in [9.17, 15) is 9.18 Å². The van der Waals surface area contributed by atoms with Crippen molar-refractivity contribution in [1.29, 1.82) is 0 Å². The van der Waals surface area contributed by atoms with E-state index in [0.717, 1.165) is 40.2 Å². The first kappa shape index (κ1) is 18.3. The molecule has 3 nitrogen and oxygen atoms in total. The normalized spacial score (nSPS) is 10.7. The van der Waals surface area contributed by atoms with Crippen LogP contribution in [0.5, 0.6) is 5.75 Å². The van der Waals surface area contributed by atoms with Crippen LogP contribution in [0.15, 0.2) is 59.0 Å². The van der Waals surface area contributed by atoms with Gasteiger partial charge in [-0.2, -0.15) is 0 Å². The van der Waals surface area contributed by atoms with E-state index in [1.807, 2.05) is 37.3 Å². The van der Waals surface area contributed by atoms with E-state index in [0.29, 0.717) is 18.1 Å². The molecule has 0 unspecified atom stereocenters. The Hall–Kier alpha value is -2.53. The zero-order valence-corrected chi connectivity index (χ0v) is 15.2. The number of aryl methyl sites for hydroxylation is 1. The molecule has 5 heteroatoms. The van der Waals surface area contributed by atoms with Gasteiger partial charge in [-0.05, 0) is 55.0 Å². The van der Waals surface area contributed by atoms with E-state index in [1.54, 1.807) is 23.9 Å². The number of ether oxygens (including phenoxy) is 1. The molecule has 2 aromatic carbocycles. The van der Waals surface area contributed by atoms with Crippen LogP contribution in [-0.4, -0.2) is 12.0 Å². The molecule has 0 aliphatic heterocycles. The standard InChI is InChI=1S/C21H19FO3S/c1-15-18(12-21(25-15)17-5-7-19(22)8-6-17)13-24-20-4-2-3-16(11-20)14-26-10-9-23/h2-9,11-12H,10,13-14H2,1H3. The number of halogens is 1. The molecule has 0 aliphatic rings. The molecule has 0 N–H and O–H groups in total. The summed E-state index contributed by atoms with van der Waals surface area (Å²) < 4.78 is 24.7. The molecule has 3 rings (SSSR count). The minimum absolute atomic E-state index is 0.272. The molecule has 0 saturated heterocycles. The zero-order valence-electron chi connectivity index (χ0n) is 14.4. The third-order valence-electron chi connectivity index (χ3n) is 3.90. The Bertz CT molecular complexity index is 871. The van der Waals surface area contributed by atoms with Crippen LogP contribution >= 0.6 is 11.8 Å². The third-order valence-corrected chi connectivity index (χ3v) is 4.81. The average molecular weight is 370 g/mol. The van der Waals surface area contributed by atoms with Crippen LogP contribution in [0, 0.1) is 12.7 Å². The highest BCUT2D eigenvalue weighted by atomic mass is 32.2. The summed E-state index contributed by atoms with van der Waals surface area (Å²) in [6, 6.07) is 16.0. The van der Waals surface area contributed by atoms with E-state index < -0.39 is 0 Å². The summed E-state index contributed by atoms with van der Waals surface area (Å²) in [4.78, 5) is 10.4. The zero-order chi connectivity index (χ0) is 18.4. The molecule has 0 fully saturated rings. The van der Waals surface area contributed by atoms with E-state index >= 15 is 0 Å². The van der Waals surface area contributed by atoms with Gasteiger partial charge in [-0.15, -0.1) is 11.8 Å². The first-order valence-corrected chi connectivity index (χ1v) is 9.39. The highest BCUT2D eigenvalue weighted by Crippen LogP contribution is 2.27. The Morgan fingerprint density at radius 2 is 1.96 bits per heavy atom. The van der Waals surface area contributed by atoms with Crippen molar-refractivity contribution < 1.29 is 18.3 Å². The maximum absolute atomic E-state index is 13.1. The predicted octanol–water partition coefficient (Wildman–Crippen LogP) is 5.41. The molecule has 0 aliphatic carbocycles. The summed E-state index contributed by atoms with van der Waals surface area (Å²) in [7, 11) is 0. The fourth-order valence-electron chi connectivity index (χ4n) is 2.53. The van der Waals surface area contributed by atoms with Crippen molar-refractivity contribution in [2.24, 2.45) is 0 Å². The fraction of sp³-hybridized carbons (Fsp3) is 0.190. The lowest BCUT2D eigenvalue weighted by Crippen LogP contribution is -1.96. The number of aldehydes is 1. The van der Waals surface area contributed by atoms with Crippen molar-refractivity contribution in [1.82, 2.24) is 0 Å². The number of rotatable bonds is 8. The van der Waals surface area contributed by atoms with Crippen LogP contribution < -0.4 is 4.74 Å². The third kappa shape index (κ3) is 4.76. The van der Waals surface area contributed by atoms with Gasteiger partial charge in [-0.25, -0.2) is 4.39 Å². The van der Waals surface area contributed by atoms with E-state index in [4.69, 9.17) is 9.15 Å². The highest BCUT2D eigenvalue weighted by Gasteiger charge is 2.10. The van der Waals surface area contributed by atoms with Gasteiger partial charge >= 0.3 is 0 Å². The Balaban J connectivity index is 1.65. The first-order valence-electron chi connectivity index (χ1n) is 8.24. The first-order chi connectivity index (χ1) is 12.7. The van der Waals surface area contributed by atoms with Crippen LogP contribution in [0.4, 0.5) is 4.39 Å². The second kappa shape index (κ2) is 8.72. The second-order valence-corrected chi connectivity index (χ2v) is 6.85. The van der Waals surface area contributed by atoms with Crippen molar-refractivity contribution in [3.63, 3.8) is 0 Å². The van der Waals surface area contributed by atoms with Crippen molar-refractivity contribution in [3.8, 4) is 17.1 Å². The monoisotopic (exact) mass is 370 g/mol. The van der Waals surface area contributed by atoms with E-state index in [1.165, 1.54) is 12.1 Å². The van der Waals surface area contributed by atoms with Crippen molar-refractivity contribution >= 4 is 18.0 Å². The lowest BCUT2D eigenvalue weighted by Gasteiger charge is -2.07. The maximum atomic E-state index is 13.1. The lowest BCUT2D eigenvalue weighted by atomic mass is 10.1. The highest BCUT2D eigenvalue weighted by molar-refractivity contribution is 7.99. The average Bonchev–Trinajstić information content (AvgIpc) is 3.02. The number of benzene rings is 2. The SMILES string of the molecule is Cc1oc(-c2ccc(F)cc2)cc1COc1cccc(CSCC=O)c1. The lowest BCUT2D eigenvalue weighted by molar-refractivity contribution is -0.105. The predicted molar refractivity (Wildman–Crippen MR) is 102 cm³/mol. The van der Waals surface area contributed by atoms with Crippen LogP contribution in [0.2, 0.25) is 0 Å². The number of thioether (sulfide) groups is 1. The number of hydrogen-bond acceptors (Lipinski definition) is 4. The summed E-state index contributed by atoms with van der Waals surface area (Å²) in [5.74, 6) is 3.24. The Morgan fingerprint density at radius 3 is 2.73 bits per heavy atom. The minimum atomic E-state index is -0.272. The smallest absolute Gasteiger partial charge is 0.134 e. The molecule has 0 spiro atoms. The molecule has 3 aromatic rings. The van der Waals surface area contributed by atoms with Crippen LogP contribution in [0.1, 0.15) is 16.9 Å². The van der Waals surface area contributed by atoms with Crippen LogP contribution in [0.25, 0.3) is 11.3 Å². The van der Waals surface area contributed by atoms with Crippen LogP contribution in [0.3, 0.4) is 0 Å². The topological polar surface area (TPSA) is 39.4 Å². The summed E-state index contributed by atoms with van der Waals surface area (Å²) in [6.45, 7) is 2.28. The van der Waals surface area contributed by atoms with Gasteiger partial charge in [0.05, 0.1) is 0 Å². The molecule has 0 saturated carbocycles. The number of hydrogen-bond donors (Lipinski definition) is 0. The van der Waals surface area contributed by atoms with Gasteiger partial charge in [-0.1, -0.05) is 12.1 Å². The molecule has 0 radical (unpaired) electrons. The number of carbonyl (C=O) groups excluding carboxylic acids is 1. The van der Waals surface area contributed by atoms with Gasteiger partial charge < -0.3 is 13.9 Å². The largest absolute Gasteiger partial charge is 0.489 e. The Labute approximate surface area is 156 Å². The van der Waals surface area contributed by atoms with E-state index in [2.05, 4.69) is 0 Å². The van der Waals surface area contributed by atoms with Gasteiger partial charge in [0.25, 0.3) is 0 Å². The minimum Gasteiger partial charge on any atom is -0.489 e. The summed E-state index contributed by atoms with van der Waals surface area (Å²) in [5, 5.41) is 0. The van der Waals surface area contributed by atoms with Crippen molar-refractivity contribution in [3.05, 3.63) is 77.3 Å². The van der Waals surface area contributed by atoms with Crippen molar-refractivity contribution in [2.45, 2.75) is 19.3 Å². The molecule has 134 valence electrons. The van der Waals surface area contributed by atoms with Gasteiger partial charge in [0.15, 0.2) is 0 Å². The Morgan fingerprint density at radius 1 is 1.15 bits per heavy atom. The molecule has 0 amide bonds. The summed E-state index contributed by atoms with van der Waals surface area (Å²) >= 11 is 1.57. The molecule has 26 heavy (non-hydrogen) atoms. The fourth-order valence-corrected chi connectivity index (χ4v) is 3.16. The molecule has 1 heterocycles. The quantitative estimate of drug-likeness (QED) is 0.393. The maximum Gasteiger partial charge on any atom is 0.134 e. The number of carbonyl (C=O) groups is 1. The number of furan rings is 1. The van der Waals surface area contributed by atoms with Gasteiger partial charge in [0, 0.05) is 22.6 Å². The van der Waals surface area contributed by atoms with Gasteiger partial charge in [-0.3, -0.25) is 0 Å². The molecular formula is C21H19FO3S. The molecule has 0 bridgehead atoms. The Kier molecular flexibility index (Phi) is 6.12.